The molecule has 3 aromatic rings. The Morgan fingerprint density at radius 2 is 2.04 bits per heavy atom. The zero-order valence-corrected chi connectivity index (χ0v) is 14.6. The first-order chi connectivity index (χ1) is 12.6. The molecule has 1 amide bonds. The smallest absolute Gasteiger partial charge is 0.226 e. The number of oxazole rings is 1. The molecule has 0 atom stereocenters. The van der Waals surface area contributed by atoms with Gasteiger partial charge in [0, 0.05) is 17.7 Å². The number of halogens is 1. The van der Waals surface area contributed by atoms with Crippen LogP contribution in [0.4, 0.5) is 4.39 Å². The van der Waals surface area contributed by atoms with E-state index in [2.05, 4.69) is 10.3 Å². The average Bonchev–Trinajstić information content (AvgIpc) is 3.01. The fourth-order valence-corrected chi connectivity index (χ4v) is 2.59. The minimum atomic E-state index is -0.366. The van der Waals surface area contributed by atoms with E-state index in [4.69, 9.17) is 9.15 Å². The lowest BCUT2D eigenvalue weighted by molar-refractivity contribution is -0.120. The molecule has 5 nitrogen and oxygen atoms in total. The molecule has 0 radical (unpaired) electrons. The van der Waals surface area contributed by atoms with Gasteiger partial charge >= 0.3 is 0 Å². The van der Waals surface area contributed by atoms with Crippen molar-refractivity contribution in [1.82, 2.24) is 10.3 Å². The number of nitrogens with zero attached hydrogens (tertiary/aromatic N) is 1. The molecule has 0 fully saturated rings. The van der Waals surface area contributed by atoms with E-state index in [0.29, 0.717) is 29.5 Å². The van der Waals surface area contributed by atoms with Crippen molar-refractivity contribution in [2.24, 2.45) is 0 Å². The Balaban J connectivity index is 1.66. The van der Waals surface area contributed by atoms with Gasteiger partial charge in [0.25, 0.3) is 0 Å². The monoisotopic (exact) mass is 354 g/mol. The Morgan fingerprint density at radius 3 is 2.81 bits per heavy atom. The van der Waals surface area contributed by atoms with Gasteiger partial charge in [-0.05, 0) is 31.2 Å². The third kappa shape index (κ3) is 4.08. The summed E-state index contributed by atoms with van der Waals surface area (Å²) in [6.45, 7) is 2.09. The SMILES string of the molecule is COc1ccccc1CNC(=O)Cc1nc(-c2cccc(F)c2)oc1C. The van der Waals surface area contributed by atoms with E-state index in [1.54, 1.807) is 26.2 Å². The number of carbonyl (C=O) groups excluding carboxylic acids is 1. The maximum absolute atomic E-state index is 13.3. The topological polar surface area (TPSA) is 64.4 Å². The highest BCUT2D eigenvalue weighted by Gasteiger charge is 2.15. The molecule has 26 heavy (non-hydrogen) atoms. The number of hydrogen-bond donors (Lipinski definition) is 1. The molecule has 134 valence electrons. The van der Waals surface area contributed by atoms with E-state index >= 15 is 0 Å². The number of amides is 1. The maximum atomic E-state index is 13.3. The first-order valence-electron chi connectivity index (χ1n) is 8.17. The van der Waals surface area contributed by atoms with Gasteiger partial charge in [-0.2, -0.15) is 0 Å². The molecular formula is C20H19FN2O3. The van der Waals surface area contributed by atoms with Crippen LogP contribution in [0.25, 0.3) is 11.5 Å². The molecule has 1 heterocycles. The first-order valence-corrected chi connectivity index (χ1v) is 8.17. The van der Waals surface area contributed by atoms with Crippen molar-refractivity contribution < 1.29 is 18.3 Å². The summed E-state index contributed by atoms with van der Waals surface area (Å²) in [6.07, 6.45) is 0.0831. The minimum Gasteiger partial charge on any atom is -0.496 e. The fourth-order valence-electron chi connectivity index (χ4n) is 2.59. The Kier molecular flexibility index (Phi) is 5.31. The molecule has 2 aromatic carbocycles. The van der Waals surface area contributed by atoms with Crippen LogP contribution >= 0.6 is 0 Å². The number of nitrogens with one attached hydrogen (secondary N) is 1. The number of hydrogen-bond acceptors (Lipinski definition) is 4. The number of methoxy groups -OCH3 is 1. The predicted molar refractivity (Wildman–Crippen MR) is 95.2 cm³/mol. The molecule has 0 aliphatic rings. The Morgan fingerprint density at radius 1 is 1.23 bits per heavy atom. The van der Waals surface area contributed by atoms with Crippen molar-refractivity contribution >= 4 is 5.91 Å². The zero-order valence-electron chi connectivity index (χ0n) is 14.6. The number of benzene rings is 2. The zero-order chi connectivity index (χ0) is 18.5. The van der Waals surface area contributed by atoms with Gasteiger partial charge in [-0.25, -0.2) is 9.37 Å². The second-order valence-electron chi connectivity index (χ2n) is 5.80. The summed E-state index contributed by atoms with van der Waals surface area (Å²) in [5, 5.41) is 2.85. The molecule has 1 aromatic heterocycles. The fraction of sp³-hybridized carbons (Fsp3) is 0.200. The summed E-state index contributed by atoms with van der Waals surface area (Å²) in [4.78, 5) is 16.6. The van der Waals surface area contributed by atoms with E-state index in [1.165, 1.54) is 12.1 Å². The number of aryl methyl sites for hydroxylation is 1. The third-order valence-corrected chi connectivity index (χ3v) is 3.96. The highest BCUT2D eigenvalue weighted by atomic mass is 19.1. The molecule has 0 bridgehead atoms. The van der Waals surface area contributed by atoms with Crippen LogP contribution < -0.4 is 10.1 Å². The summed E-state index contributed by atoms with van der Waals surface area (Å²) in [7, 11) is 1.59. The second-order valence-corrected chi connectivity index (χ2v) is 5.80. The third-order valence-electron chi connectivity index (χ3n) is 3.96. The number of aromatic nitrogens is 1. The maximum Gasteiger partial charge on any atom is 0.226 e. The highest BCUT2D eigenvalue weighted by Crippen LogP contribution is 2.23. The van der Waals surface area contributed by atoms with Gasteiger partial charge in [-0.1, -0.05) is 24.3 Å². The Bertz CT molecular complexity index is 921. The molecule has 0 unspecified atom stereocenters. The Labute approximate surface area is 150 Å². The van der Waals surface area contributed by atoms with Gasteiger partial charge in [0.2, 0.25) is 11.8 Å². The van der Waals surface area contributed by atoms with Crippen molar-refractivity contribution in [3.63, 3.8) is 0 Å². The quantitative estimate of drug-likeness (QED) is 0.734. The van der Waals surface area contributed by atoms with Crippen molar-refractivity contribution in [1.29, 1.82) is 0 Å². The largest absolute Gasteiger partial charge is 0.496 e. The van der Waals surface area contributed by atoms with Crippen molar-refractivity contribution in [2.75, 3.05) is 7.11 Å². The van der Waals surface area contributed by atoms with Crippen molar-refractivity contribution in [2.45, 2.75) is 19.9 Å². The number of ether oxygens (including phenoxy) is 1. The van der Waals surface area contributed by atoms with Crippen LogP contribution in [0.3, 0.4) is 0 Å². The molecule has 1 N–H and O–H groups in total. The van der Waals surface area contributed by atoms with E-state index in [9.17, 15) is 9.18 Å². The lowest BCUT2D eigenvalue weighted by Gasteiger charge is -2.09. The number of rotatable bonds is 6. The standard InChI is InChI=1S/C20H19FN2O3/c1-13-17(23-20(26-13)14-7-5-8-16(21)10-14)11-19(24)22-12-15-6-3-4-9-18(15)25-2/h3-10H,11-12H2,1-2H3,(H,22,24). The van der Waals surface area contributed by atoms with Crippen LogP contribution in [-0.4, -0.2) is 18.0 Å². The van der Waals surface area contributed by atoms with Gasteiger partial charge in [0.15, 0.2) is 0 Å². The first kappa shape index (κ1) is 17.7. The van der Waals surface area contributed by atoms with E-state index in [1.807, 2.05) is 24.3 Å². The van der Waals surface area contributed by atoms with Gasteiger partial charge in [0.05, 0.1) is 19.2 Å². The molecule has 3 rings (SSSR count). The van der Waals surface area contributed by atoms with Crippen LogP contribution in [0.15, 0.2) is 52.9 Å². The van der Waals surface area contributed by atoms with E-state index in [0.717, 1.165) is 11.3 Å². The molecule has 6 heteroatoms. The lowest BCUT2D eigenvalue weighted by Crippen LogP contribution is -2.25. The lowest BCUT2D eigenvalue weighted by atomic mass is 10.2. The van der Waals surface area contributed by atoms with Crippen LogP contribution in [0.1, 0.15) is 17.0 Å². The van der Waals surface area contributed by atoms with E-state index < -0.39 is 0 Å². The predicted octanol–water partition coefficient (Wildman–Crippen LogP) is 3.66. The van der Waals surface area contributed by atoms with Gasteiger partial charge in [-0.15, -0.1) is 0 Å². The Hall–Kier alpha value is -3.15. The van der Waals surface area contributed by atoms with Crippen molar-refractivity contribution in [3.05, 3.63) is 71.4 Å². The molecule has 0 saturated heterocycles. The van der Waals surface area contributed by atoms with Crippen molar-refractivity contribution in [3.8, 4) is 17.2 Å². The van der Waals surface area contributed by atoms with Gasteiger partial charge < -0.3 is 14.5 Å². The second kappa shape index (κ2) is 7.82. The summed E-state index contributed by atoms with van der Waals surface area (Å²) >= 11 is 0. The molecule has 0 aliphatic heterocycles. The highest BCUT2D eigenvalue weighted by molar-refractivity contribution is 5.78. The van der Waals surface area contributed by atoms with Crippen LogP contribution in [0, 0.1) is 12.7 Å². The minimum absolute atomic E-state index is 0.0831. The van der Waals surface area contributed by atoms with Gasteiger partial charge in [-0.3, -0.25) is 4.79 Å². The van der Waals surface area contributed by atoms with Crippen LogP contribution in [0.5, 0.6) is 5.75 Å². The van der Waals surface area contributed by atoms with Crippen LogP contribution in [-0.2, 0) is 17.8 Å². The molecule has 0 spiro atoms. The number of para-hydroxylation sites is 1. The number of carbonyl (C=O) groups is 1. The molecule has 0 aliphatic carbocycles. The summed E-state index contributed by atoms with van der Waals surface area (Å²) in [5.41, 5.74) is 1.95. The molecule has 0 saturated carbocycles. The van der Waals surface area contributed by atoms with E-state index in [-0.39, 0.29) is 18.1 Å². The summed E-state index contributed by atoms with van der Waals surface area (Å²) in [5.74, 6) is 1.01. The summed E-state index contributed by atoms with van der Waals surface area (Å²) < 4.78 is 24.2. The van der Waals surface area contributed by atoms with Gasteiger partial charge in [0.1, 0.15) is 17.3 Å². The summed E-state index contributed by atoms with van der Waals surface area (Å²) in [6, 6.07) is 13.5. The van der Waals surface area contributed by atoms with Crippen LogP contribution in [0.2, 0.25) is 0 Å². The molecular weight excluding hydrogens is 335 g/mol. The normalized spacial score (nSPS) is 10.6. The average molecular weight is 354 g/mol.